The van der Waals surface area contributed by atoms with E-state index in [4.69, 9.17) is 14.6 Å². The number of rotatable bonds is 11. The highest BCUT2D eigenvalue weighted by atomic mass is 19.1. The van der Waals surface area contributed by atoms with Gasteiger partial charge in [-0.25, -0.2) is 9.18 Å². The number of aryl methyl sites for hydroxylation is 1. The van der Waals surface area contributed by atoms with Crippen LogP contribution in [-0.2, 0) is 16.0 Å². The molecule has 2 aromatic carbocycles. The summed E-state index contributed by atoms with van der Waals surface area (Å²) in [5.74, 6) is -0.272. The van der Waals surface area contributed by atoms with Crippen LogP contribution in [-0.4, -0.2) is 30.9 Å². The van der Waals surface area contributed by atoms with Gasteiger partial charge in [-0.15, -0.1) is 0 Å². The molecule has 0 spiro atoms. The molecule has 0 fully saturated rings. The van der Waals surface area contributed by atoms with Gasteiger partial charge in [0.15, 0.2) is 0 Å². The quantitative estimate of drug-likeness (QED) is 0.346. The Bertz CT molecular complexity index is 784. The second kappa shape index (κ2) is 11.2. The predicted molar refractivity (Wildman–Crippen MR) is 108 cm³/mol. The summed E-state index contributed by atoms with van der Waals surface area (Å²) in [4.78, 5) is 11.3. The molecule has 0 saturated carbocycles. The summed E-state index contributed by atoms with van der Waals surface area (Å²) in [7, 11) is 0. The number of unbranched alkanes of at least 4 members (excludes halogenated alkanes) is 2. The third kappa shape index (κ3) is 6.50. The molecule has 0 aliphatic carbocycles. The van der Waals surface area contributed by atoms with Crippen LogP contribution >= 0.6 is 0 Å². The molecule has 1 N–H and O–H groups in total. The highest BCUT2D eigenvalue weighted by molar-refractivity contribution is 5.87. The summed E-state index contributed by atoms with van der Waals surface area (Å²) in [6.45, 7) is 5.32. The lowest BCUT2D eigenvalue weighted by Gasteiger charge is -2.10. The van der Waals surface area contributed by atoms with E-state index < -0.39 is 12.6 Å². The molecule has 0 aromatic heterocycles. The van der Waals surface area contributed by atoms with Crippen molar-refractivity contribution in [2.75, 3.05) is 19.8 Å². The van der Waals surface area contributed by atoms with Crippen LogP contribution < -0.4 is 4.74 Å². The van der Waals surface area contributed by atoms with Crippen molar-refractivity contribution in [3.8, 4) is 16.9 Å². The zero-order chi connectivity index (χ0) is 20.4. The van der Waals surface area contributed by atoms with E-state index in [1.807, 2.05) is 12.1 Å². The molecule has 28 heavy (non-hydrogen) atoms. The van der Waals surface area contributed by atoms with Gasteiger partial charge in [0.1, 0.15) is 24.8 Å². The van der Waals surface area contributed by atoms with Crippen LogP contribution in [0.25, 0.3) is 11.1 Å². The van der Waals surface area contributed by atoms with Crippen LogP contribution in [0.1, 0.15) is 31.7 Å². The van der Waals surface area contributed by atoms with Gasteiger partial charge in [-0.2, -0.15) is 0 Å². The largest absolute Gasteiger partial charge is 0.490 e. The Morgan fingerprint density at radius 1 is 1.11 bits per heavy atom. The van der Waals surface area contributed by atoms with Gasteiger partial charge in [0.25, 0.3) is 0 Å². The summed E-state index contributed by atoms with van der Waals surface area (Å²) in [5, 5.41) is 8.78. The maximum absolute atomic E-state index is 14.5. The molecule has 5 heteroatoms. The third-order valence-electron chi connectivity index (χ3n) is 4.33. The minimum Gasteiger partial charge on any atom is -0.490 e. The first-order chi connectivity index (χ1) is 13.5. The van der Waals surface area contributed by atoms with E-state index in [1.54, 1.807) is 30.3 Å². The van der Waals surface area contributed by atoms with Crippen molar-refractivity contribution in [2.45, 2.75) is 32.6 Å². The monoisotopic (exact) mass is 386 g/mol. The molecule has 0 aliphatic rings. The number of hydrogen-bond acceptors (Lipinski definition) is 4. The molecule has 0 bridgehead atoms. The zero-order valence-corrected chi connectivity index (χ0v) is 16.2. The van der Waals surface area contributed by atoms with Gasteiger partial charge >= 0.3 is 5.97 Å². The lowest BCUT2D eigenvalue weighted by atomic mass is 10.0. The molecule has 0 unspecified atom stereocenters. The highest BCUT2D eigenvalue weighted by Gasteiger charge is 2.08. The lowest BCUT2D eigenvalue weighted by Crippen LogP contribution is -2.14. The molecule has 0 radical (unpaired) electrons. The number of carbonyl (C=O) groups excluding carboxylic acids is 1. The zero-order valence-electron chi connectivity index (χ0n) is 16.2. The van der Waals surface area contributed by atoms with Crippen molar-refractivity contribution in [1.29, 1.82) is 0 Å². The van der Waals surface area contributed by atoms with Crippen molar-refractivity contribution in [2.24, 2.45) is 0 Å². The summed E-state index contributed by atoms with van der Waals surface area (Å²) >= 11 is 0. The normalized spacial score (nSPS) is 10.5. The van der Waals surface area contributed by atoms with E-state index >= 15 is 0 Å². The fourth-order valence-electron chi connectivity index (χ4n) is 2.72. The van der Waals surface area contributed by atoms with E-state index in [9.17, 15) is 9.18 Å². The van der Waals surface area contributed by atoms with Crippen molar-refractivity contribution >= 4 is 5.97 Å². The Kier molecular flexibility index (Phi) is 8.69. The van der Waals surface area contributed by atoms with Crippen molar-refractivity contribution < 1.29 is 23.8 Å². The summed E-state index contributed by atoms with van der Waals surface area (Å²) in [6, 6.07) is 12.5. The van der Waals surface area contributed by atoms with Crippen LogP contribution in [0.3, 0.4) is 0 Å². The fourth-order valence-corrected chi connectivity index (χ4v) is 2.72. The number of halogens is 1. The number of aliphatic hydroxyl groups excluding tert-OH is 1. The maximum atomic E-state index is 14.5. The van der Waals surface area contributed by atoms with Crippen LogP contribution in [0.15, 0.2) is 54.6 Å². The minimum absolute atomic E-state index is 0.00256. The van der Waals surface area contributed by atoms with Gasteiger partial charge in [-0.05, 0) is 42.2 Å². The molecule has 0 atom stereocenters. The summed E-state index contributed by atoms with van der Waals surface area (Å²) < 4.78 is 24.9. The number of carbonyl (C=O) groups is 1. The van der Waals surface area contributed by atoms with Gasteiger partial charge in [0.2, 0.25) is 0 Å². The molecular weight excluding hydrogens is 359 g/mol. The van der Waals surface area contributed by atoms with Gasteiger partial charge < -0.3 is 14.6 Å². The molecule has 0 aliphatic heterocycles. The second-order valence-corrected chi connectivity index (χ2v) is 6.54. The fraction of sp³-hybridized carbons (Fsp3) is 0.348. The van der Waals surface area contributed by atoms with Gasteiger partial charge in [-0.3, -0.25) is 0 Å². The second-order valence-electron chi connectivity index (χ2n) is 6.54. The molecule has 0 heterocycles. The van der Waals surface area contributed by atoms with E-state index in [-0.39, 0.29) is 24.6 Å². The molecule has 0 saturated heterocycles. The van der Waals surface area contributed by atoms with Crippen molar-refractivity contribution in [1.82, 2.24) is 0 Å². The molecule has 2 aromatic rings. The van der Waals surface area contributed by atoms with E-state index in [2.05, 4.69) is 13.5 Å². The average molecular weight is 386 g/mol. The first-order valence-electron chi connectivity index (χ1n) is 9.52. The number of esters is 1. The van der Waals surface area contributed by atoms with Crippen molar-refractivity contribution in [3.05, 3.63) is 66.0 Å². The Labute approximate surface area is 165 Å². The highest BCUT2D eigenvalue weighted by Crippen LogP contribution is 2.26. The first kappa shape index (κ1) is 21.6. The Morgan fingerprint density at radius 3 is 2.50 bits per heavy atom. The molecule has 4 nitrogen and oxygen atoms in total. The van der Waals surface area contributed by atoms with E-state index in [0.717, 1.165) is 36.8 Å². The standard InChI is InChI=1S/C23H27FO4/c1-3-4-5-6-18-7-12-21(22(24)15-18)19-8-10-20(11-9-19)27-13-14-28-23(26)17(2)16-25/h7-12,15,25H,2-6,13-14,16H2,1H3. The maximum Gasteiger partial charge on any atom is 0.335 e. The van der Waals surface area contributed by atoms with Gasteiger partial charge in [-0.1, -0.05) is 50.6 Å². The number of hydrogen-bond donors (Lipinski definition) is 1. The molecule has 2 rings (SSSR count). The van der Waals surface area contributed by atoms with E-state index in [1.165, 1.54) is 0 Å². The smallest absolute Gasteiger partial charge is 0.335 e. The van der Waals surface area contributed by atoms with Crippen LogP contribution in [0.2, 0.25) is 0 Å². The number of ether oxygens (including phenoxy) is 2. The van der Waals surface area contributed by atoms with Crippen LogP contribution in [0, 0.1) is 5.82 Å². The summed E-state index contributed by atoms with van der Waals surface area (Å²) in [5.41, 5.74) is 2.36. The first-order valence-corrected chi connectivity index (χ1v) is 9.52. The molecule has 150 valence electrons. The van der Waals surface area contributed by atoms with Crippen molar-refractivity contribution in [3.63, 3.8) is 0 Å². The average Bonchev–Trinajstić information content (AvgIpc) is 2.71. The van der Waals surface area contributed by atoms with Crippen LogP contribution in [0.5, 0.6) is 5.75 Å². The Balaban J connectivity index is 1.88. The summed E-state index contributed by atoms with van der Waals surface area (Å²) in [6.07, 6.45) is 4.27. The number of aliphatic hydroxyl groups is 1. The SMILES string of the molecule is C=C(CO)C(=O)OCCOc1ccc(-c2ccc(CCCCC)cc2F)cc1. The molecule has 0 amide bonds. The Hall–Kier alpha value is -2.66. The molecular formula is C23H27FO4. The predicted octanol–water partition coefficient (Wildman–Crippen LogP) is 4.70. The van der Waals surface area contributed by atoms with E-state index in [0.29, 0.717) is 11.3 Å². The van der Waals surface area contributed by atoms with Crippen LogP contribution in [0.4, 0.5) is 4.39 Å². The van der Waals surface area contributed by atoms with Gasteiger partial charge in [0.05, 0.1) is 12.2 Å². The van der Waals surface area contributed by atoms with Gasteiger partial charge in [0, 0.05) is 5.56 Å². The number of benzene rings is 2. The minimum atomic E-state index is -0.643. The third-order valence-corrected chi connectivity index (χ3v) is 4.33. The Morgan fingerprint density at radius 2 is 1.86 bits per heavy atom. The topological polar surface area (TPSA) is 55.8 Å². The lowest BCUT2D eigenvalue weighted by molar-refractivity contribution is -0.140.